The lowest BCUT2D eigenvalue weighted by molar-refractivity contribution is 0.340. The quantitative estimate of drug-likeness (QED) is 0.677. The van der Waals surface area contributed by atoms with E-state index in [-0.39, 0.29) is 45.5 Å². The number of benzene rings is 2. The van der Waals surface area contributed by atoms with E-state index in [0.29, 0.717) is 5.56 Å². The Morgan fingerprint density at radius 1 is 0.917 bits per heavy atom. The largest absolute Gasteiger partial charge is 0.508 e. The van der Waals surface area contributed by atoms with E-state index in [1.54, 1.807) is 0 Å². The standard InChI is InChI=1S/C17H14O7/c1-22-14-3-8(4-15(23-2)16(14)21)13-7-11(19)10-5-9(18)6-12(20)17(10)24-13/h3-7,18,20-21H,1-2H3. The van der Waals surface area contributed by atoms with Crippen molar-refractivity contribution in [1.82, 2.24) is 0 Å². The molecule has 2 aromatic carbocycles. The van der Waals surface area contributed by atoms with Crippen LogP contribution in [0.4, 0.5) is 0 Å². The summed E-state index contributed by atoms with van der Waals surface area (Å²) in [4.78, 5) is 12.3. The summed E-state index contributed by atoms with van der Waals surface area (Å²) in [6, 6.07) is 6.45. The highest BCUT2D eigenvalue weighted by Gasteiger charge is 2.16. The maximum atomic E-state index is 12.3. The van der Waals surface area contributed by atoms with Crippen LogP contribution in [0.25, 0.3) is 22.3 Å². The van der Waals surface area contributed by atoms with Crippen LogP contribution in [0.1, 0.15) is 0 Å². The van der Waals surface area contributed by atoms with Crippen LogP contribution in [0.5, 0.6) is 28.7 Å². The molecule has 24 heavy (non-hydrogen) atoms. The van der Waals surface area contributed by atoms with E-state index < -0.39 is 5.43 Å². The van der Waals surface area contributed by atoms with Crippen LogP contribution in [-0.4, -0.2) is 29.5 Å². The van der Waals surface area contributed by atoms with Gasteiger partial charge in [-0.25, -0.2) is 0 Å². The third-order valence-electron chi connectivity index (χ3n) is 3.56. The van der Waals surface area contributed by atoms with Gasteiger partial charge in [0.25, 0.3) is 0 Å². The Balaban J connectivity index is 2.29. The fraction of sp³-hybridized carbons (Fsp3) is 0.118. The molecule has 0 radical (unpaired) electrons. The number of hydrogen-bond donors (Lipinski definition) is 3. The second kappa shape index (κ2) is 5.69. The van der Waals surface area contributed by atoms with Crippen LogP contribution in [0.2, 0.25) is 0 Å². The van der Waals surface area contributed by atoms with Crippen molar-refractivity contribution in [2.24, 2.45) is 0 Å². The molecule has 0 saturated heterocycles. The summed E-state index contributed by atoms with van der Waals surface area (Å²) in [6.45, 7) is 0. The lowest BCUT2D eigenvalue weighted by atomic mass is 10.1. The average molecular weight is 330 g/mol. The van der Waals surface area contributed by atoms with Gasteiger partial charge >= 0.3 is 0 Å². The first-order chi connectivity index (χ1) is 11.4. The first-order valence-electron chi connectivity index (χ1n) is 6.89. The molecule has 3 N–H and O–H groups in total. The zero-order valence-electron chi connectivity index (χ0n) is 12.9. The number of methoxy groups -OCH3 is 2. The molecule has 0 aliphatic heterocycles. The molecule has 124 valence electrons. The SMILES string of the molecule is COc1cc(-c2cc(=O)c3cc(O)cc(O)c3o2)cc(OC)c1O. The molecule has 0 atom stereocenters. The first kappa shape index (κ1) is 15.5. The lowest BCUT2D eigenvalue weighted by Gasteiger charge is -2.11. The van der Waals surface area contributed by atoms with Gasteiger partial charge in [-0.2, -0.15) is 0 Å². The predicted octanol–water partition coefficient (Wildman–Crippen LogP) is 2.59. The van der Waals surface area contributed by atoms with Gasteiger partial charge in [-0.1, -0.05) is 0 Å². The summed E-state index contributed by atoms with van der Waals surface area (Å²) in [5, 5.41) is 29.4. The molecule has 3 rings (SSSR count). The fourth-order valence-electron chi connectivity index (χ4n) is 2.40. The monoisotopic (exact) mass is 330 g/mol. The smallest absolute Gasteiger partial charge is 0.200 e. The van der Waals surface area contributed by atoms with Gasteiger partial charge in [-0.15, -0.1) is 0 Å². The minimum Gasteiger partial charge on any atom is -0.508 e. The molecule has 0 unspecified atom stereocenters. The van der Waals surface area contributed by atoms with Crippen molar-refractivity contribution in [2.45, 2.75) is 0 Å². The molecular formula is C17H14O7. The number of phenolic OH excluding ortho intramolecular Hbond substituents is 3. The molecule has 1 heterocycles. The average Bonchev–Trinajstić information content (AvgIpc) is 2.55. The third-order valence-corrected chi connectivity index (χ3v) is 3.56. The van der Waals surface area contributed by atoms with Crippen molar-refractivity contribution in [3.05, 3.63) is 40.6 Å². The molecule has 7 heteroatoms. The summed E-state index contributed by atoms with van der Waals surface area (Å²) in [7, 11) is 2.76. The van der Waals surface area contributed by atoms with E-state index in [1.807, 2.05) is 0 Å². The molecule has 0 bridgehead atoms. The third kappa shape index (κ3) is 2.45. The highest BCUT2D eigenvalue weighted by molar-refractivity contribution is 5.85. The fourth-order valence-corrected chi connectivity index (χ4v) is 2.40. The van der Waals surface area contributed by atoms with E-state index in [1.165, 1.54) is 38.5 Å². The molecule has 0 spiro atoms. The highest BCUT2D eigenvalue weighted by atomic mass is 16.5. The Morgan fingerprint density at radius 3 is 2.12 bits per heavy atom. The number of fused-ring (bicyclic) bond motifs is 1. The van der Waals surface area contributed by atoms with E-state index >= 15 is 0 Å². The van der Waals surface area contributed by atoms with E-state index in [2.05, 4.69) is 0 Å². The second-order valence-corrected chi connectivity index (χ2v) is 5.05. The summed E-state index contributed by atoms with van der Waals surface area (Å²) in [6.07, 6.45) is 0. The summed E-state index contributed by atoms with van der Waals surface area (Å²) in [5.41, 5.74) is -0.0854. The van der Waals surface area contributed by atoms with Crippen LogP contribution in [-0.2, 0) is 0 Å². The molecule has 3 aromatic rings. The van der Waals surface area contributed by atoms with Crippen molar-refractivity contribution in [2.75, 3.05) is 14.2 Å². The van der Waals surface area contributed by atoms with E-state index in [0.717, 1.165) is 6.07 Å². The maximum absolute atomic E-state index is 12.3. The van der Waals surface area contributed by atoms with Crippen LogP contribution < -0.4 is 14.9 Å². The normalized spacial score (nSPS) is 10.8. The molecule has 0 saturated carbocycles. The molecule has 0 aliphatic rings. The molecule has 1 aromatic heterocycles. The Labute approximate surface area is 135 Å². The first-order valence-corrected chi connectivity index (χ1v) is 6.89. The summed E-state index contributed by atoms with van der Waals surface area (Å²) >= 11 is 0. The minimum atomic E-state index is -0.441. The summed E-state index contributed by atoms with van der Waals surface area (Å²) < 4.78 is 15.7. The zero-order chi connectivity index (χ0) is 17.4. The van der Waals surface area contributed by atoms with E-state index in [4.69, 9.17) is 13.9 Å². The number of hydrogen-bond acceptors (Lipinski definition) is 7. The second-order valence-electron chi connectivity index (χ2n) is 5.05. The lowest BCUT2D eigenvalue weighted by Crippen LogP contribution is -2.00. The Hall–Kier alpha value is -3.35. The van der Waals surface area contributed by atoms with E-state index in [9.17, 15) is 20.1 Å². The van der Waals surface area contributed by atoms with Crippen molar-refractivity contribution in [3.8, 4) is 40.1 Å². The number of aromatic hydroxyl groups is 3. The Bertz CT molecular complexity index is 963. The van der Waals surface area contributed by atoms with Crippen molar-refractivity contribution >= 4 is 11.0 Å². The van der Waals surface area contributed by atoms with Gasteiger partial charge in [0.05, 0.1) is 19.6 Å². The molecule has 0 aliphatic carbocycles. The van der Waals surface area contributed by atoms with Gasteiger partial charge < -0.3 is 29.2 Å². The molecule has 0 fully saturated rings. The Kier molecular flexibility index (Phi) is 3.69. The van der Waals surface area contributed by atoms with Crippen LogP contribution in [0.3, 0.4) is 0 Å². The summed E-state index contributed by atoms with van der Waals surface area (Å²) in [5.74, 6) is -0.358. The van der Waals surface area contributed by atoms with Crippen LogP contribution in [0.15, 0.2) is 39.5 Å². The van der Waals surface area contributed by atoms with Crippen molar-refractivity contribution in [1.29, 1.82) is 0 Å². The van der Waals surface area contributed by atoms with Crippen molar-refractivity contribution in [3.63, 3.8) is 0 Å². The molecule has 7 nitrogen and oxygen atoms in total. The number of rotatable bonds is 3. The highest BCUT2D eigenvalue weighted by Crippen LogP contribution is 2.41. The van der Waals surface area contributed by atoms with Crippen LogP contribution >= 0.6 is 0 Å². The minimum absolute atomic E-state index is 0.0500. The van der Waals surface area contributed by atoms with Gasteiger partial charge in [-0.3, -0.25) is 4.79 Å². The molecule has 0 amide bonds. The number of ether oxygens (including phenoxy) is 2. The van der Waals surface area contributed by atoms with Gasteiger partial charge in [-0.05, 0) is 18.2 Å². The van der Waals surface area contributed by atoms with Gasteiger partial charge in [0.15, 0.2) is 28.3 Å². The van der Waals surface area contributed by atoms with Gasteiger partial charge in [0.1, 0.15) is 11.5 Å². The van der Waals surface area contributed by atoms with Crippen LogP contribution in [0, 0.1) is 0 Å². The Morgan fingerprint density at radius 2 is 1.54 bits per heavy atom. The number of phenols is 3. The van der Waals surface area contributed by atoms with Gasteiger partial charge in [0, 0.05) is 17.7 Å². The molecular weight excluding hydrogens is 316 g/mol. The maximum Gasteiger partial charge on any atom is 0.200 e. The van der Waals surface area contributed by atoms with Crippen molar-refractivity contribution < 1.29 is 29.2 Å². The topological polar surface area (TPSA) is 109 Å². The van der Waals surface area contributed by atoms with Gasteiger partial charge in [0.2, 0.25) is 5.75 Å². The zero-order valence-corrected chi connectivity index (χ0v) is 12.9. The predicted molar refractivity (Wildman–Crippen MR) is 86.0 cm³/mol.